The number of carbonyl (C=O) groups is 1. The number of carbonyl (C=O) groups excluding carboxylic acids is 1. The van der Waals surface area contributed by atoms with Crippen LogP contribution in [0.25, 0.3) is 0 Å². The summed E-state index contributed by atoms with van der Waals surface area (Å²) in [4.78, 5) is 14.5. The van der Waals surface area contributed by atoms with E-state index in [9.17, 15) is 4.79 Å². The molecule has 0 bridgehead atoms. The molecule has 2 heterocycles. The van der Waals surface area contributed by atoms with E-state index in [1.54, 1.807) is 0 Å². The fraction of sp³-hybridized carbons (Fsp3) is 0.750. The van der Waals surface area contributed by atoms with Crippen molar-refractivity contribution in [3.8, 4) is 0 Å². The third-order valence-corrected chi connectivity index (χ3v) is 4.46. The van der Waals surface area contributed by atoms with Crippen LogP contribution in [0.3, 0.4) is 0 Å². The topological polar surface area (TPSA) is 60.0 Å². The van der Waals surface area contributed by atoms with Crippen molar-refractivity contribution in [3.05, 3.63) is 23.8 Å². The lowest BCUT2D eigenvalue weighted by Crippen LogP contribution is -2.50. The SMILES string of the molecule is CCOC(C)OCC1=C[C@H]([C@H]2CC=CCN2C(=O)OC(C)(C)C)CNC1. The molecule has 0 saturated heterocycles. The summed E-state index contributed by atoms with van der Waals surface area (Å²) in [6.45, 7) is 13.0. The molecule has 0 saturated carbocycles. The van der Waals surface area contributed by atoms with Gasteiger partial charge in [0.05, 0.1) is 6.61 Å². The van der Waals surface area contributed by atoms with Crippen LogP contribution in [0.1, 0.15) is 41.0 Å². The third-order valence-electron chi connectivity index (χ3n) is 4.46. The number of nitrogens with one attached hydrogen (secondary N) is 1. The maximum Gasteiger partial charge on any atom is 0.410 e. The van der Waals surface area contributed by atoms with Gasteiger partial charge in [0.15, 0.2) is 6.29 Å². The highest BCUT2D eigenvalue weighted by molar-refractivity contribution is 5.69. The van der Waals surface area contributed by atoms with Gasteiger partial charge in [-0.1, -0.05) is 18.2 Å². The largest absolute Gasteiger partial charge is 0.444 e. The number of ether oxygens (including phenoxy) is 3. The van der Waals surface area contributed by atoms with E-state index in [1.165, 1.54) is 5.57 Å². The Kier molecular flexibility index (Phi) is 7.68. The van der Waals surface area contributed by atoms with Crippen LogP contribution in [0.2, 0.25) is 0 Å². The van der Waals surface area contributed by atoms with Gasteiger partial charge in [-0.25, -0.2) is 4.79 Å². The van der Waals surface area contributed by atoms with Gasteiger partial charge in [0.2, 0.25) is 0 Å². The molecule has 1 N–H and O–H groups in total. The Morgan fingerprint density at radius 3 is 2.81 bits per heavy atom. The molecule has 0 fully saturated rings. The lowest BCUT2D eigenvalue weighted by Gasteiger charge is -2.39. The Labute approximate surface area is 157 Å². The van der Waals surface area contributed by atoms with Gasteiger partial charge >= 0.3 is 6.09 Å². The van der Waals surface area contributed by atoms with E-state index < -0.39 is 5.60 Å². The summed E-state index contributed by atoms with van der Waals surface area (Å²) in [5.74, 6) is 0.238. The monoisotopic (exact) mass is 366 g/mol. The molecule has 0 aromatic rings. The zero-order valence-electron chi connectivity index (χ0n) is 16.8. The summed E-state index contributed by atoms with van der Waals surface area (Å²) in [5, 5.41) is 3.45. The standard InChI is InChI=1S/C20H34N2O4/c1-6-24-15(2)25-14-16-11-17(13-21-12-16)18-9-7-8-10-22(18)19(23)26-20(3,4)5/h7-8,11,15,17-18,21H,6,9-10,12-14H2,1-5H3/t15?,17-,18+/m0/s1. The molecule has 148 valence electrons. The van der Waals surface area contributed by atoms with E-state index in [0.717, 1.165) is 19.5 Å². The van der Waals surface area contributed by atoms with Crippen LogP contribution in [0, 0.1) is 5.92 Å². The highest BCUT2D eigenvalue weighted by atomic mass is 16.7. The molecule has 2 aliphatic heterocycles. The van der Waals surface area contributed by atoms with Crippen molar-refractivity contribution < 1.29 is 19.0 Å². The normalized spacial score (nSPS) is 25.0. The van der Waals surface area contributed by atoms with Crippen molar-refractivity contribution in [2.45, 2.75) is 59.0 Å². The van der Waals surface area contributed by atoms with Crippen molar-refractivity contribution in [1.29, 1.82) is 0 Å². The van der Waals surface area contributed by atoms with Crippen LogP contribution in [-0.2, 0) is 14.2 Å². The van der Waals surface area contributed by atoms with Crippen molar-refractivity contribution in [3.63, 3.8) is 0 Å². The van der Waals surface area contributed by atoms with Crippen LogP contribution in [0.5, 0.6) is 0 Å². The quantitative estimate of drug-likeness (QED) is 0.578. The number of hydrogen-bond acceptors (Lipinski definition) is 5. The van der Waals surface area contributed by atoms with Gasteiger partial charge in [0, 0.05) is 38.2 Å². The zero-order chi connectivity index (χ0) is 19.2. The summed E-state index contributed by atoms with van der Waals surface area (Å²) < 4.78 is 16.8. The predicted molar refractivity (Wildman–Crippen MR) is 102 cm³/mol. The maximum atomic E-state index is 12.6. The number of amides is 1. The van der Waals surface area contributed by atoms with Gasteiger partial charge in [-0.2, -0.15) is 0 Å². The smallest absolute Gasteiger partial charge is 0.410 e. The highest BCUT2D eigenvalue weighted by Crippen LogP contribution is 2.25. The minimum absolute atomic E-state index is 0.0990. The van der Waals surface area contributed by atoms with E-state index in [0.29, 0.717) is 19.8 Å². The number of hydrogen-bond donors (Lipinski definition) is 1. The molecule has 0 spiro atoms. The van der Waals surface area contributed by atoms with Crippen molar-refractivity contribution in [1.82, 2.24) is 10.2 Å². The summed E-state index contributed by atoms with van der Waals surface area (Å²) in [5.41, 5.74) is 0.712. The molecule has 0 radical (unpaired) electrons. The molecule has 26 heavy (non-hydrogen) atoms. The van der Waals surface area contributed by atoms with Gasteiger partial charge in [0.1, 0.15) is 5.60 Å². The lowest BCUT2D eigenvalue weighted by atomic mass is 9.89. The third kappa shape index (κ3) is 6.41. The molecule has 0 aliphatic carbocycles. The second kappa shape index (κ2) is 9.53. The lowest BCUT2D eigenvalue weighted by molar-refractivity contribution is -0.120. The molecule has 1 unspecified atom stereocenters. The van der Waals surface area contributed by atoms with E-state index in [-0.39, 0.29) is 24.3 Å². The Morgan fingerprint density at radius 1 is 1.35 bits per heavy atom. The molecule has 0 aromatic carbocycles. The van der Waals surface area contributed by atoms with Crippen LogP contribution >= 0.6 is 0 Å². The first kappa shape index (κ1) is 20.9. The molecular formula is C20H34N2O4. The highest BCUT2D eigenvalue weighted by Gasteiger charge is 2.34. The van der Waals surface area contributed by atoms with Crippen LogP contribution in [-0.4, -0.2) is 61.8 Å². The Hall–Kier alpha value is -1.37. The minimum Gasteiger partial charge on any atom is -0.444 e. The molecule has 1 amide bonds. The van der Waals surface area contributed by atoms with Crippen molar-refractivity contribution >= 4 is 6.09 Å². The maximum absolute atomic E-state index is 12.6. The molecule has 2 aliphatic rings. The molecule has 0 aromatic heterocycles. The van der Waals surface area contributed by atoms with Crippen LogP contribution in [0.15, 0.2) is 23.8 Å². The number of nitrogens with zero attached hydrogens (tertiary/aromatic N) is 1. The summed E-state index contributed by atoms with van der Waals surface area (Å²) in [6, 6.07) is 0.0990. The zero-order valence-corrected chi connectivity index (χ0v) is 16.8. The minimum atomic E-state index is -0.488. The molecule has 3 atom stereocenters. The molecule has 2 rings (SSSR count). The Bertz CT molecular complexity index is 524. The van der Waals surface area contributed by atoms with Crippen LogP contribution in [0.4, 0.5) is 4.79 Å². The molecular weight excluding hydrogens is 332 g/mol. The van der Waals surface area contributed by atoms with E-state index in [1.807, 2.05) is 45.6 Å². The Morgan fingerprint density at radius 2 is 2.12 bits per heavy atom. The fourth-order valence-electron chi connectivity index (χ4n) is 3.30. The summed E-state index contributed by atoms with van der Waals surface area (Å²) in [6.07, 6.45) is 6.84. The van der Waals surface area contributed by atoms with Crippen molar-refractivity contribution in [2.24, 2.45) is 5.92 Å². The van der Waals surface area contributed by atoms with Gasteiger partial charge in [-0.3, -0.25) is 0 Å². The van der Waals surface area contributed by atoms with Crippen LogP contribution < -0.4 is 5.32 Å². The molecule has 6 heteroatoms. The van der Waals surface area contributed by atoms with Gasteiger partial charge < -0.3 is 24.4 Å². The first-order valence-corrected chi connectivity index (χ1v) is 9.58. The second-order valence-electron chi connectivity index (χ2n) is 7.86. The van der Waals surface area contributed by atoms with E-state index >= 15 is 0 Å². The molecule has 6 nitrogen and oxygen atoms in total. The van der Waals surface area contributed by atoms with Gasteiger partial charge in [-0.05, 0) is 46.6 Å². The summed E-state index contributed by atoms with van der Waals surface area (Å²) >= 11 is 0. The van der Waals surface area contributed by atoms with E-state index in [2.05, 4.69) is 17.5 Å². The predicted octanol–water partition coefficient (Wildman–Crippen LogP) is 3.10. The fourth-order valence-corrected chi connectivity index (χ4v) is 3.30. The second-order valence-corrected chi connectivity index (χ2v) is 7.86. The summed E-state index contributed by atoms with van der Waals surface area (Å²) in [7, 11) is 0. The first-order valence-electron chi connectivity index (χ1n) is 9.58. The van der Waals surface area contributed by atoms with Gasteiger partial charge in [0.25, 0.3) is 0 Å². The van der Waals surface area contributed by atoms with E-state index in [4.69, 9.17) is 14.2 Å². The Balaban J connectivity index is 2.02. The first-order chi connectivity index (χ1) is 12.3. The average molecular weight is 367 g/mol. The number of rotatable bonds is 6. The average Bonchev–Trinajstić information content (AvgIpc) is 2.59. The van der Waals surface area contributed by atoms with Crippen molar-refractivity contribution in [2.75, 3.05) is 32.8 Å². The van der Waals surface area contributed by atoms with Gasteiger partial charge in [-0.15, -0.1) is 0 Å².